The predicted octanol–water partition coefficient (Wildman–Crippen LogP) is 1.25. The van der Waals surface area contributed by atoms with Gasteiger partial charge in [-0.3, -0.25) is 9.38 Å². The maximum Gasteiger partial charge on any atom is 0.179 e. The molecule has 1 aromatic carbocycles. The average molecular weight is 225 g/mol. The van der Waals surface area contributed by atoms with Crippen molar-refractivity contribution in [2.45, 2.75) is 6.54 Å². The Morgan fingerprint density at radius 1 is 1.24 bits per heavy atom. The van der Waals surface area contributed by atoms with E-state index in [1.165, 1.54) is 0 Å². The lowest BCUT2D eigenvalue weighted by molar-refractivity contribution is 1.06. The van der Waals surface area contributed by atoms with Gasteiger partial charge in [0.1, 0.15) is 0 Å². The lowest BCUT2D eigenvalue weighted by Crippen LogP contribution is -1.97. The Morgan fingerprint density at radius 2 is 2.18 bits per heavy atom. The van der Waals surface area contributed by atoms with Gasteiger partial charge in [-0.2, -0.15) is 0 Å². The number of nitrogens with zero attached hydrogens (tertiary/aromatic N) is 4. The SMILES string of the molecule is NCc1cccc(-c2nnc3cnccn23)c1. The minimum atomic E-state index is 0.520. The van der Waals surface area contributed by atoms with E-state index < -0.39 is 0 Å². The van der Waals surface area contributed by atoms with Gasteiger partial charge >= 0.3 is 0 Å². The molecule has 3 rings (SSSR count). The van der Waals surface area contributed by atoms with Gasteiger partial charge in [-0.1, -0.05) is 18.2 Å². The van der Waals surface area contributed by atoms with Gasteiger partial charge in [-0.15, -0.1) is 10.2 Å². The molecule has 0 radical (unpaired) electrons. The van der Waals surface area contributed by atoms with Gasteiger partial charge < -0.3 is 5.73 Å². The zero-order chi connectivity index (χ0) is 11.7. The molecule has 0 fully saturated rings. The number of aromatic nitrogens is 4. The summed E-state index contributed by atoms with van der Waals surface area (Å²) in [5, 5.41) is 8.24. The summed E-state index contributed by atoms with van der Waals surface area (Å²) >= 11 is 0. The molecular formula is C12H11N5. The molecule has 0 spiro atoms. The highest BCUT2D eigenvalue weighted by Gasteiger charge is 2.07. The van der Waals surface area contributed by atoms with Crippen molar-refractivity contribution in [2.75, 3.05) is 0 Å². The van der Waals surface area contributed by atoms with E-state index >= 15 is 0 Å². The first kappa shape index (κ1) is 9.92. The Balaban J connectivity index is 2.20. The summed E-state index contributed by atoms with van der Waals surface area (Å²) in [6.45, 7) is 0.520. The molecule has 17 heavy (non-hydrogen) atoms. The molecule has 0 amide bonds. The molecule has 0 aliphatic carbocycles. The molecular weight excluding hydrogens is 214 g/mol. The minimum absolute atomic E-state index is 0.520. The molecule has 2 heterocycles. The van der Waals surface area contributed by atoms with Crippen LogP contribution in [0.3, 0.4) is 0 Å². The van der Waals surface area contributed by atoms with E-state index in [9.17, 15) is 0 Å². The standard InChI is InChI=1S/C12H11N5/c13-7-9-2-1-3-10(6-9)12-16-15-11-8-14-4-5-17(11)12/h1-6,8H,7,13H2. The molecule has 3 aromatic rings. The van der Waals surface area contributed by atoms with Gasteiger partial charge in [0.25, 0.3) is 0 Å². The van der Waals surface area contributed by atoms with E-state index in [1.807, 2.05) is 34.9 Å². The van der Waals surface area contributed by atoms with E-state index in [1.54, 1.807) is 12.4 Å². The van der Waals surface area contributed by atoms with Crippen LogP contribution in [-0.4, -0.2) is 19.6 Å². The van der Waals surface area contributed by atoms with Crippen LogP contribution in [0.2, 0.25) is 0 Å². The molecule has 0 bridgehead atoms. The fraction of sp³-hybridized carbons (Fsp3) is 0.0833. The van der Waals surface area contributed by atoms with Crippen LogP contribution in [0.15, 0.2) is 42.9 Å². The zero-order valence-electron chi connectivity index (χ0n) is 9.11. The molecule has 0 saturated heterocycles. The quantitative estimate of drug-likeness (QED) is 0.712. The second-order valence-electron chi connectivity index (χ2n) is 3.73. The zero-order valence-corrected chi connectivity index (χ0v) is 9.11. The first-order valence-electron chi connectivity index (χ1n) is 5.32. The summed E-state index contributed by atoms with van der Waals surface area (Å²) in [5.41, 5.74) is 8.45. The van der Waals surface area contributed by atoms with Crippen LogP contribution in [0.1, 0.15) is 5.56 Å². The van der Waals surface area contributed by atoms with Gasteiger partial charge in [0.15, 0.2) is 11.5 Å². The van der Waals surface area contributed by atoms with Gasteiger partial charge in [-0.25, -0.2) is 0 Å². The molecule has 0 saturated carbocycles. The summed E-state index contributed by atoms with van der Waals surface area (Å²) < 4.78 is 1.91. The highest BCUT2D eigenvalue weighted by Crippen LogP contribution is 2.18. The largest absolute Gasteiger partial charge is 0.326 e. The topological polar surface area (TPSA) is 69.1 Å². The van der Waals surface area contributed by atoms with Crippen molar-refractivity contribution < 1.29 is 0 Å². The molecule has 0 aliphatic rings. The molecule has 2 N–H and O–H groups in total. The summed E-state index contributed by atoms with van der Waals surface area (Å²) in [6, 6.07) is 7.99. The number of fused-ring (bicyclic) bond motifs is 1. The van der Waals surface area contributed by atoms with Crippen molar-refractivity contribution in [3.8, 4) is 11.4 Å². The summed E-state index contributed by atoms with van der Waals surface area (Å²) in [4.78, 5) is 4.01. The second-order valence-corrected chi connectivity index (χ2v) is 3.73. The van der Waals surface area contributed by atoms with Crippen LogP contribution < -0.4 is 5.73 Å². The Hall–Kier alpha value is -2.27. The molecule has 84 valence electrons. The molecule has 0 unspecified atom stereocenters. The number of hydrogen-bond donors (Lipinski definition) is 1. The van der Waals surface area contributed by atoms with E-state index in [2.05, 4.69) is 15.2 Å². The van der Waals surface area contributed by atoms with Crippen LogP contribution in [0.4, 0.5) is 0 Å². The Morgan fingerprint density at radius 3 is 3.06 bits per heavy atom. The third kappa shape index (κ3) is 1.66. The van der Waals surface area contributed by atoms with Crippen LogP contribution in [0, 0.1) is 0 Å². The van der Waals surface area contributed by atoms with Crippen molar-refractivity contribution >= 4 is 5.65 Å². The van der Waals surface area contributed by atoms with E-state index in [-0.39, 0.29) is 0 Å². The van der Waals surface area contributed by atoms with Crippen molar-refractivity contribution in [2.24, 2.45) is 5.73 Å². The number of nitrogens with two attached hydrogens (primary N) is 1. The summed E-state index contributed by atoms with van der Waals surface area (Å²) in [6.07, 6.45) is 5.25. The third-order valence-corrected chi connectivity index (χ3v) is 2.63. The third-order valence-electron chi connectivity index (χ3n) is 2.63. The summed E-state index contributed by atoms with van der Waals surface area (Å²) in [7, 11) is 0. The Bertz CT molecular complexity index is 659. The molecule has 5 heteroatoms. The van der Waals surface area contributed by atoms with Gasteiger partial charge in [0, 0.05) is 24.5 Å². The maximum absolute atomic E-state index is 5.63. The van der Waals surface area contributed by atoms with Crippen molar-refractivity contribution in [3.63, 3.8) is 0 Å². The maximum atomic E-state index is 5.63. The van der Waals surface area contributed by atoms with E-state index in [4.69, 9.17) is 5.73 Å². The van der Waals surface area contributed by atoms with Gasteiger partial charge in [-0.05, 0) is 11.6 Å². The van der Waals surface area contributed by atoms with Crippen molar-refractivity contribution in [1.82, 2.24) is 19.6 Å². The lowest BCUT2D eigenvalue weighted by atomic mass is 10.1. The average Bonchev–Trinajstić information content (AvgIpc) is 2.82. The van der Waals surface area contributed by atoms with Gasteiger partial charge in [0.05, 0.1) is 6.20 Å². The highest BCUT2D eigenvalue weighted by atomic mass is 15.2. The molecule has 5 nitrogen and oxygen atoms in total. The first-order chi connectivity index (χ1) is 8.38. The van der Waals surface area contributed by atoms with Gasteiger partial charge in [0.2, 0.25) is 0 Å². The molecule has 2 aromatic heterocycles. The fourth-order valence-electron chi connectivity index (χ4n) is 1.79. The Labute approximate surface area is 97.9 Å². The number of benzene rings is 1. The first-order valence-corrected chi connectivity index (χ1v) is 5.32. The van der Waals surface area contributed by atoms with E-state index in [0.29, 0.717) is 6.54 Å². The number of hydrogen-bond acceptors (Lipinski definition) is 4. The fourth-order valence-corrected chi connectivity index (χ4v) is 1.79. The normalized spacial score (nSPS) is 10.9. The monoisotopic (exact) mass is 225 g/mol. The van der Waals surface area contributed by atoms with Crippen molar-refractivity contribution in [3.05, 3.63) is 48.4 Å². The smallest absolute Gasteiger partial charge is 0.179 e. The van der Waals surface area contributed by atoms with Crippen LogP contribution in [0.5, 0.6) is 0 Å². The van der Waals surface area contributed by atoms with E-state index in [0.717, 1.165) is 22.6 Å². The second kappa shape index (κ2) is 3.95. The molecule has 0 aliphatic heterocycles. The minimum Gasteiger partial charge on any atom is -0.326 e. The predicted molar refractivity (Wildman–Crippen MR) is 64.1 cm³/mol. The van der Waals surface area contributed by atoms with Crippen molar-refractivity contribution in [1.29, 1.82) is 0 Å². The lowest BCUT2D eigenvalue weighted by Gasteiger charge is -2.01. The summed E-state index contributed by atoms with van der Waals surface area (Å²) in [5.74, 6) is 0.803. The highest BCUT2D eigenvalue weighted by molar-refractivity contribution is 5.59. The van der Waals surface area contributed by atoms with Crippen LogP contribution >= 0.6 is 0 Å². The number of rotatable bonds is 2. The molecule has 0 atom stereocenters. The van der Waals surface area contributed by atoms with Crippen LogP contribution in [0.25, 0.3) is 17.0 Å². The Kier molecular flexibility index (Phi) is 2.31. The van der Waals surface area contributed by atoms with Crippen LogP contribution in [-0.2, 0) is 6.54 Å².